The fraction of sp³-hybridized carbons (Fsp3) is 0.700. The van der Waals surface area contributed by atoms with Crippen LogP contribution in [-0.4, -0.2) is 27.0 Å². The predicted octanol–water partition coefficient (Wildman–Crippen LogP) is 2.49. The van der Waals surface area contributed by atoms with Crippen molar-refractivity contribution >= 4 is 16.6 Å². The van der Waals surface area contributed by atoms with Gasteiger partial charge in [-0.05, 0) is 32.3 Å². The van der Waals surface area contributed by atoms with Crippen LogP contribution < -0.4 is 0 Å². The van der Waals surface area contributed by atoms with Crippen molar-refractivity contribution in [3.05, 3.63) is 11.3 Å². The van der Waals surface area contributed by atoms with Crippen LogP contribution in [0.2, 0.25) is 0 Å². The number of allylic oxidation sites excluding steroid dienone is 2. The van der Waals surface area contributed by atoms with Gasteiger partial charge >= 0.3 is 15.6 Å². The zero-order valence-corrected chi connectivity index (χ0v) is 11.3. The van der Waals surface area contributed by atoms with E-state index in [0.717, 1.165) is 0 Å². The van der Waals surface area contributed by atoms with Crippen molar-refractivity contribution in [3.63, 3.8) is 0 Å². The van der Waals surface area contributed by atoms with Gasteiger partial charge in [0.05, 0.1) is 6.61 Å². The fourth-order valence-corrected chi connectivity index (χ4v) is 1.81. The summed E-state index contributed by atoms with van der Waals surface area (Å²) in [4.78, 5) is 9.18. The zero-order valence-electron chi connectivity index (χ0n) is 10.5. The van der Waals surface area contributed by atoms with Crippen LogP contribution in [0.4, 0.5) is 13.2 Å². The van der Waals surface area contributed by atoms with Crippen LogP contribution in [0.3, 0.4) is 0 Å². The third-order valence-electron chi connectivity index (χ3n) is 2.16. The van der Waals surface area contributed by atoms with Gasteiger partial charge in [0.2, 0.25) is 0 Å². The van der Waals surface area contributed by atoms with Gasteiger partial charge in [-0.25, -0.2) is 0 Å². The number of hydrogen-bond acceptors (Lipinski definition) is 5. The molecule has 0 aromatic heterocycles. The average molecular weight is 304 g/mol. The highest BCUT2D eigenvalue weighted by molar-refractivity contribution is 7.87. The lowest BCUT2D eigenvalue weighted by atomic mass is 10.3. The number of carbonyl (C=O) groups is 1. The molecule has 0 atom stereocenters. The minimum absolute atomic E-state index is 0.0673. The number of hydrogen-bond donors (Lipinski definition) is 0. The van der Waals surface area contributed by atoms with Gasteiger partial charge < -0.3 is 8.92 Å². The maximum atomic E-state index is 11.9. The lowest BCUT2D eigenvalue weighted by Crippen LogP contribution is -2.25. The summed E-state index contributed by atoms with van der Waals surface area (Å²) >= 11 is 0. The summed E-state index contributed by atoms with van der Waals surface area (Å²) in [7, 11) is -5.47. The molecule has 1 aliphatic rings. The van der Waals surface area contributed by atoms with Gasteiger partial charge in [-0.3, -0.25) is 4.79 Å². The Labute approximate surface area is 109 Å². The van der Waals surface area contributed by atoms with Crippen molar-refractivity contribution in [2.45, 2.75) is 38.6 Å². The van der Waals surface area contributed by atoms with Gasteiger partial charge in [0, 0.05) is 6.42 Å². The van der Waals surface area contributed by atoms with E-state index >= 15 is 0 Å². The number of ether oxygens (including phenoxy) is 1. The van der Waals surface area contributed by atoms with E-state index in [1.54, 1.807) is 13.8 Å². The third kappa shape index (κ3) is 5.95. The first-order valence-corrected chi connectivity index (χ1v) is 6.81. The van der Waals surface area contributed by atoms with E-state index in [-0.39, 0.29) is 12.2 Å². The van der Waals surface area contributed by atoms with E-state index in [9.17, 15) is 26.4 Å². The fourth-order valence-electron chi connectivity index (χ4n) is 1.23. The van der Waals surface area contributed by atoms with Crippen molar-refractivity contribution in [2.75, 3.05) is 6.61 Å². The molecule has 0 aliphatic heterocycles. The van der Waals surface area contributed by atoms with E-state index in [1.165, 1.54) is 0 Å². The molecular formula is C10H15F3O5S. The molecule has 0 radical (unpaired) electrons. The summed E-state index contributed by atoms with van der Waals surface area (Å²) in [5.41, 5.74) is -4.78. The maximum Gasteiger partial charge on any atom is 0.534 e. The van der Waals surface area contributed by atoms with Gasteiger partial charge in [-0.2, -0.15) is 21.6 Å². The van der Waals surface area contributed by atoms with E-state index in [0.29, 0.717) is 31.5 Å². The zero-order chi connectivity index (χ0) is 15.1. The lowest BCUT2D eigenvalue weighted by Gasteiger charge is -2.10. The quantitative estimate of drug-likeness (QED) is 0.453. The summed E-state index contributed by atoms with van der Waals surface area (Å²) in [5, 5.41) is 0. The highest BCUT2D eigenvalue weighted by Crippen LogP contribution is 2.32. The topological polar surface area (TPSA) is 69.7 Å². The molecule has 1 rings (SSSR count). The van der Waals surface area contributed by atoms with E-state index in [1.807, 2.05) is 0 Å². The highest BCUT2D eigenvalue weighted by atomic mass is 32.2. The van der Waals surface area contributed by atoms with Crippen molar-refractivity contribution in [1.29, 1.82) is 0 Å². The summed E-state index contributed by atoms with van der Waals surface area (Å²) in [6.07, 6.45) is 1.47. The summed E-state index contributed by atoms with van der Waals surface area (Å²) in [5.74, 6) is -0.0673. The Morgan fingerprint density at radius 3 is 2.16 bits per heavy atom. The molecule has 0 unspecified atom stereocenters. The van der Waals surface area contributed by atoms with Crippen molar-refractivity contribution < 1.29 is 35.3 Å². The SMILES string of the molecule is CC1=C(OS(=O)(=O)C(F)(F)F)CCC1.CCOC=O. The summed E-state index contributed by atoms with van der Waals surface area (Å²) < 4.78 is 64.9. The molecule has 9 heteroatoms. The van der Waals surface area contributed by atoms with Crippen molar-refractivity contribution in [1.82, 2.24) is 0 Å². The van der Waals surface area contributed by atoms with Gasteiger partial charge in [0.25, 0.3) is 6.47 Å². The number of carbonyl (C=O) groups excluding carboxylic acids is 1. The van der Waals surface area contributed by atoms with Gasteiger partial charge in [0.1, 0.15) is 5.76 Å². The summed E-state index contributed by atoms with van der Waals surface area (Å²) in [6, 6.07) is 0. The molecular weight excluding hydrogens is 289 g/mol. The van der Waals surface area contributed by atoms with Crippen LogP contribution in [0, 0.1) is 0 Å². The molecule has 112 valence electrons. The molecule has 0 amide bonds. The van der Waals surface area contributed by atoms with E-state index in [4.69, 9.17) is 0 Å². The number of rotatable bonds is 4. The summed E-state index contributed by atoms with van der Waals surface area (Å²) in [6.45, 7) is 4.23. The smallest absolute Gasteiger partial charge is 0.468 e. The Kier molecular flexibility index (Phi) is 6.88. The first kappa shape index (κ1) is 17.8. The molecule has 1 aliphatic carbocycles. The van der Waals surface area contributed by atoms with Gasteiger partial charge in [-0.1, -0.05) is 0 Å². The number of halogens is 3. The second-order valence-electron chi connectivity index (χ2n) is 3.59. The molecule has 0 N–H and O–H groups in total. The Morgan fingerprint density at radius 2 is 1.89 bits per heavy atom. The van der Waals surface area contributed by atoms with Crippen LogP contribution >= 0.6 is 0 Å². The lowest BCUT2D eigenvalue weighted by molar-refractivity contribution is -0.128. The first-order valence-electron chi connectivity index (χ1n) is 5.40. The molecule has 0 aromatic rings. The third-order valence-corrected chi connectivity index (χ3v) is 3.15. The van der Waals surface area contributed by atoms with E-state index < -0.39 is 15.6 Å². The average Bonchev–Trinajstić information content (AvgIpc) is 2.64. The Hall–Kier alpha value is -1.25. The van der Waals surface area contributed by atoms with Gasteiger partial charge in [0.15, 0.2) is 0 Å². The maximum absolute atomic E-state index is 11.9. The van der Waals surface area contributed by atoms with Crippen LogP contribution in [0.5, 0.6) is 0 Å². The molecule has 0 aromatic carbocycles. The van der Waals surface area contributed by atoms with E-state index in [2.05, 4.69) is 8.92 Å². The monoisotopic (exact) mass is 304 g/mol. The molecule has 5 nitrogen and oxygen atoms in total. The molecule has 19 heavy (non-hydrogen) atoms. The molecule has 0 heterocycles. The number of alkyl halides is 3. The minimum Gasteiger partial charge on any atom is -0.468 e. The second-order valence-corrected chi connectivity index (χ2v) is 5.13. The first-order chi connectivity index (χ1) is 8.65. The molecule has 0 bridgehead atoms. The molecule has 0 saturated carbocycles. The van der Waals surface area contributed by atoms with Gasteiger partial charge in [-0.15, -0.1) is 0 Å². The van der Waals surface area contributed by atoms with Crippen LogP contribution in [0.15, 0.2) is 11.3 Å². The normalized spacial score (nSPS) is 15.6. The van der Waals surface area contributed by atoms with Crippen molar-refractivity contribution in [3.8, 4) is 0 Å². The second kappa shape index (κ2) is 7.37. The van der Waals surface area contributed by atoms with Crippen molar-refractivity contribution in [2.24, 2.45) is 0 Å². The standard InChI is InChI=1S/C7H9F3O3S.C3H6O2/c1-5-3-2-4-6(5)13-14(11,12)7(8,9)10;1-2-5-3-4/h2-4H2,1H3;3H,2H2,1H3. The minimum atomic E-state index is -5.47. The Morgan fingerprint density at radius 1 is 1.32 bits per heavy atom. The van der Waals surface area contributed by atoms with Crippen LogP contribution in [-0.2, 0) is 23.8 Å². The highest BCUT2D eigenvalue weighted by Gasteiger charge is 2.49. The molecule has 0 spiro atoms. The molecule has 0 fully saturated rings. The molecule has 0 saturated heterocycles. The van der Waals surface area contributed by atoms with Crippen LogP contribution in [0.25, 0.3) is 0 Å². The van der Waals surface area contributed by atoms with Crippen LogP contribution in [0.1, 0.15) is 33.1 Å². The predicted molar refractivity (Wildman–Crippen MR) is 60.3 cm³/mol. The largest absolute Gasteiger partial charge is 0.534 e. The Balaban J connectivity index is 0.000000555. The Bertz CT molecular complexity index is 425.